The number of hydrogen-bond acceptors (Lipinski definition) is 6. The van der Waals surface area contributed by atoms with E-state index >= 15 is 0 Å². The average molecular weight is 357 g/mol. The molecule has 3 rings (SSSR count). The van der Waals surface area contributed by atoms with Crippen LogP contribution >= 0.6 is 0 Å². The Hall–Kier alpha value is -3.29. The fraction of sp³-hybridized carbons (Fsp3) is 0.278. The molecule has 8 heteroatoms. The molecule has 8 nitrogen and oxygen atoms in total. The van der Waals surface area contributed by atoms with Gasteiger partial charge in [-0.25, -0.2) is 0 Å². The van der Waals surface area contributed by atoms with E-state index in [1.807, 2.05) is 0 Å². The van der Waals surface area contributed by atoms with Gasteiger partial charge in [0.05, 0.1) is 0 Å². The van der Waals surface area contributed by atoms with Crippen LogP contribution in [0.5, 0.6) is 17.2 Å². The third-order valence-corrected chi connectivity index (χ3v) is 4.27. The molecule has 0 unspecified atom stereocenters. The first-order valence-corrected chi connectivity index (χ1v) is 8.22. The highest BCUT2D eigenvalue weighted by Gasteiger charge is 2.25. The monoisotopic (exact) mass is 357 g/mol. The van der Waals surface area contributed by atoms with Crippen LogP contribution in [0.4, 0.5) is 0 Å². The number of hydrogen-bond donors (Lipinski definition) is 3. The Morgan fingerprint density at radius 3 is 2.08 bits per heavy atom. The summed E-state index contributed by atoms with van der Waals surface area (Å²) >= 11 is 0. The molecule has 0 spiro atoms. The first-order chi connectivity index (χ1) is 12.5. The second-order valence-electron chi connectivity index (χ2n) is 6.02. The fourth-order valence-electron chi connectivity index (χ4n) is 2.89. The minimum Gasteiger partial charge on any atom is -0.504 e. The second kappa shape index (κ2) is 7.30. The largest absolute Gasteiger partial charge is 0.504 e. The Labute approximate surface area is 149 Å². The Bertz CT molecular complexity index is 802. The Morgan fingerprint density at radius 1 is 0.885 bits per heavy atom. The van der Waals surface area contributed by atoms with Gasteiger partial charge in [0.2, 0.25) is 0 Å². The normalized spacial score (nSPS) is 14.8. The van der Waals surface area contributed by atoms with E-state index in [2.05, 4.69) is 4.98 Å². The highest BCUT2D eigenvalue weighted by atomic mass is 16.3. The van der Waals surface area contributed by atoms with E-state index in [0.29, 0.717) is 38.3 Å². The van der Waals surface area contributed by atoms with Gasteiger partial charge >= 0.3 is 0 Å². The van der Waals surface area contributed by atoms with Gasteiger partial charge in [-0.3, -0.25) is 14.6 Å². The summed E-state index contributed by atoms with van der Waals surface area (Å²) in [6.45, 7) is 1.62. The molecule has 0 saturated carbocycles. The number of phenolic OH excluding ortho intramolecular Hbond substituents is 3. The number of rotatable bonds is 2. The lowest BCUT2D eigenvalue weighted by molar-refractivity contribution is 0.0715. The minimum atomic E-state index is -0.662. The lowest BCUT2D eigenvalue weighted by Gasteiger charge is -2.22. The van der Waals surface area contributed by atoms with E-state index in [1.54, 1.807) is 34.2 Å². The van der Waals surface area contributed by atoms with Crippen molar-refractivity contribution in [2.75, 3.05) is 26.2 Å². The van der Waals surface area contributed by atoms with Gasteiger partial charge < -0.3 is 25.1 Å². The number of phenols is 3. The molecule has 2 aromatic rings. The molecule has 0 atom stereocenters. The number of carbonyl (C=O) groups is 2. The van der Waals surface area contributed by atoms with Crippen LogP contribution < -0.4 is 0 Å². The van der Waals surface area contributed by atoms with Gasteiger partial charge in [-0.15, -0.1) is 0 Å². The van der Waals surface area contributed by atoms with E-state index in [-0.39, 0.29) is 17.4 Å². The van der Waals surface area contributed by atoms with Crippen LogP contribution in [0.2, 0.25) is 0 Å². The van der Waals surface area contributed by atoms with E-state index in [9.17, 15) is 24.9 Å². The molecule has 0 bridgehead atoms. The Balaban J connectivity index is 1.70. The second-order valence-corrected chi connectivity index (χ2v) is 6.02. The third kappa shape index (κ3) is 3.53. The number of carbonyl (C=O) groups excluding carboxylic acids is 2. The molecule has 0 aliphatic carbocycles. The van der Waals surface area contributed by atoms with E-state index in [4.69, 9.17) is 0 Å². The van der Waals surface area contributed by atoms with Gasteiger partial charge in [0.15, 0.2) is 17.2 Å². The van der Waals surface area contributed by atoms with E-state index in [1.165, 1.54) is 0 Å². The summed E-state index contributed by atoms with van der Waals surface area (Å²) in [5.41, 5.74) is 0.433. The van der Waals surface area contributed by atoms with Crippen molar-refractivity contribution in [3.8, 4) is 17.2 Å². The topological polar surface area (TPSA) is 114 Å². The zero-order chi connectivity index (χ0) is 18.7. The molecule has 2 amide bonds. The summed E-state index contributed by atoms with van der Waals surface area (Å²) in [6, 6.07) is 7.36. The smallest absolute Gasteiger partial charge is 0.272 e. The van der Waals surface area contributed by atoms with Gasteiger partial charge in [0, 0.05) is 37.9 Å². The van der Waals surface area contributed by atoms with Crippen LogP contribution in [-0.4, -0.2) is 68.1 Å². The van der Waals surface area contributed by atoms with Crippen LogP contribution in [0.25, 0.3) is 0 Å². The predicted octanol–water partition coefficient (Wildman–Crippen LogP) is 1.19. The van der Waals surface area contributed by atoms with Crippen molar-refractivity contribution < 1.29 is 24.9 Å². The maximum Gasteiger partial charge on any atom is 0.272 e. The molecular formula is C18H19N3O5. The van der Waals surface area contributed by atoms with Gasteiger partial charge in [-0.1, -0.05) is 6.07 Å². The van der Waals surface area contributed by atoms with Gasteiger partial charge in [-0.05, 0) is 30.7 Å². The Kier molecular flexibility index (Phi) is 4.92. The predicted molar refractivity (Wildman–Crippen MR) is 92.1 cm³/mol. The Morgan fingerprint density at radius 2 is 1.50 bits per heavy atom. The maximum atomic E-state index is 12.6. The van der Waals surface area contributed by atoms with Crippen molar-refractivity contribution in [2.24, 2.45) is 0 Å². The van der Waals surface area contributed by atoms with Crippen LogP contribution in [0.1, 0.15) is 27.3 Å². The van der Waals surface area contributed by atoms with Crippen LogP contribution in [-0.2, 0) is 0 Å². The summed E-state index contributed by atoms with van der Waals surface area (Å²) in [5, 5.41) is 28.6. The molecule has 1 aliphatic rings. The summed E-state index contributed by atoms with van der Waals surface area (Å²) in [7, 11) is 0. The quantitative estimate of drug-likeness (QED) is 0.696. The summed E-state index contributed by atoms with van der Waals surface area (Å²) in [4.78, 5) is 32.4. The molecule has 2 heterocycles. The van der Waals surface area contributed by atoms with Crippen LogP contribution in [0, 0.1) is 0 Å². The third-order valence-electron chi connectivity index (χ3n) is 4.27. The molecule has 0 radical (unpaired) electrons. The van der Waals surface area contributed by atoms with Crippen molar-refractivity contribution in [3.63, 3.8) is 0 Å². The van der Waals surface area contributed by atoms with Gasteiger partial charge in [0.25, 0.3) is 11.8 Å². The average Bonchev–Trinajstić information content (AvgIpc) is 2.91. The molecule has 3 N–H and O–H groups in total. The molecule has 1 aromatic heterocycles. The summed E-state index contributed by atoms with van der Waals surface area (Å²) in [6.07, 6.45) is 2.16. The molecule has 136 valence electrons. The molecule has 1 saturated heterocycles. The van der Waals surface area contributed by atoms with Crippen molar-refractivity contribution in [1.82, 2.24) is 14.8 Å². The zero-order valence-electron chi connectivity index (χ0n) is 14.0. The number of nitrogens with zero attached hydrogens (tertiary/aromatic N) is 3. The van der Waals surface area contributed by atoms with Gasteiger partial charge in [-0.2, -0.15) is 0 Å². The zero-order valence-corrected chi connectivity index (χ0v) is 14.0. The van der Waals surface area contributed by atoms with Gasteiger partial charge in [0.1, 0.15) is 5.69 Å². The molecule has 1 aromatic carbocycles. The standard InChI is InChI=1S/C18H19N3O5/c22-14-10-12(11-15(23)16(14)24)17(25)20-6-3-7-21(9-8-20)18(26)13-4-1-2-5-19-13/h1-2,4-5,10-11,22-24H,3,6-9H2. The number of aromatic nitrogens is 1. The number of aromatic hydroxyl groups is 3. The van der Waals surface area contributed by atoms with Crippen LogP contribution in [0.15, 0.2) is 36.5 Å². The minimum absolute atomic E-state index is 0.0716. The lowest BCUT2D eigenvalue weighted by Crippen LogP contribution is -2.37. The molecular weight excluding hydrogens is 338 g/mol. The SMILES string of the molecule is O=C(c1cc(O)c(O)c(O)c1)N1CCCN(C(=O)c2ccccn2)CC1. The number of amides is 2. The van der Waals surface area contributed by atoms with Crippen molar-refractivity contribution in [3.05, 3.63) is 47.8 Å². The molecule has 1 fully saturated rings. The van der Waals surface area contributed by atoms with Crippen molar-refractivity contribution in [1.29, 1.82) is 0 Å². The lowest BCUT2D eigenvalue weighted by atomic mass is 10.1. The van der Waals surface area contributed by atoms with Crippen molar-refractivity contribution in [2.45, 2.75) is 6.42 Å². The number of benzene rings is 1. The number of pyridine rings is 1. The summed E-state index contributed by atoms with van der Waals surface area (Å²) < 4.78 is 0. The first kappa shape index (κ1) is 17.5. The molecule has 26 heavy (non-hydrogen) atoms. The van der Waals surface area contributed by atoms with E-state index < -0.39 is 17.2 Å². The first-order valence-electron chi connectivity index (χ1n) is 8.22. The van der Waals surface area contributed by atoms with Crippen LogP contribution in [0.3, 0.4) is 0 Å². The molecule has 1 aliphatic heterocycles. The summed E-state index contributed by atoms with van der Waals surface area (Å²) in [5.74, 6) is -2.35. The highest BCUT2D eigenvalue weighted by molar-refractivity contribution is 5.96. The fourth-order valence-corrected chi connectivity index (χ4v) is 2.89. The maximum absolute atomic E-state index is 12.6. The van der Waals surface area contributed by atoms with E-state index in [0.717, 1.165) is 12.1 Å². The highest BCUT2D eigenvalue weighted by Crippen LogP contribution is 2.35. The van der Waals surface area contributed by atoms with Crippen molar-refractivity contribution >= 4 is 11.8 Å².